The summed E-state index contributed by atoms with van der Waals surface area (Å²) in [6.45, 7) is 1.84. The molecule has 1 aromatic carbocycles. The van der Waals surface area contributed by atoms with Crippen LogP contribution in [-0.2, 0) is 0 Å². The van der Waals surface area contributed by atoms with Gasteiger partial charge in [-0.05, 0) is 30.7 Å². The SMILES string of the molecule is Cc1c(Cl)cc(-c2ccc(=O)[nH]n2)cc1Cl.[K]. The minimum Gasteiger partial charge on any atom is -0.268 e. The van der Waals surface area contributed by atoms with Gasteiger partial charge >= 0.3 is 0 Å². The predicted octanol–water partition coefficient (Wildman–Crippen LogP) is 2.67. The van der Waals surface area contributed by atoms with Gasteiger partial charge in [-0.1, -0.05) is 23.2 Å². The number of nitrogens with zero attached hydrogens (tertiary/aromatic N) is 1. The van der Waals surface area contributed by atoms with Gasteiger partial charge in [-0.3, -0.25) is 4.79 Å². The molecular formula is C11H8Cl2KN2O. The number of hydrogen-bond acceptors (Lipinski definition) is 2. The van der Waals surface area contributed by atoms with Crippen molar-refractivity contribution in [2.45, 2.75) is 6.92 Å². The van der Waals surface area contributed by atoms with Crippen LogP contribution in [0, 0.1) is 6.92 Å². The maximum atomic E-state index is 10.9. The molecule has 0 amide bonds. The Kier molecular flexibility index (Phi) is 5.85. The maximum Gasteiger partial charge on any atom is 0.264 e. The normalized spacial score (nSPS) is 9.82. The molecule has 0 atom stereocenters. The molecule has 0 spiro atoms. The Bertz CT molecular complexity index is 555. The van der Waals surface area contributed by atoms with Crippen molar-refractivity contribution in [3.63, 3.8) is 0 Å². The Morgan fingerprint density at radius 3 is 2.24 bits per heavy atom. The Balaban J connectivity index is 0.00000144. The van der Waals surface area contributed by atoms with Gasteiger partial charge in [-0.25, -0.2) is 5.10 Å². The molecule has 3 nitrogen and oxygen atoms in total. The third-order valence-corrected chi connectivity index (χ3v) is 3.04. The van der Waals surface area contributed by atoms with Crippen LogP contribution in [-0.4, -0.2) is 61.6 Å². The molecule has 0 aliphatic carbocycles. The monoisotopic (exact) mass is 293 g/mol. The Morgan fingerprint density at radius 2 is 1.76 bits per heavy atom. The van der Waals surface area contributed by atoms with Gasteiger partial charge in [0, 0.05) is 73.1 Å². The molecule has 0 saturated carbocycles. The summed E-state index contributed by atoms with van der Waals surface area (Å²) in [5.41, 5.74) is 1.99. The van der Waals surface area contributed by atoms with E-state index in [1.807, 2.05) is 6.92 Å². The molecule has 0 aliphatic heterocycles. The average Bonchev–Trinajstić information content (AvgIpc) is 2.26. The first-order chi connectivity index (χ1) is 7.58. The third kappa shape index (κ3) is 3.64. The van der Waals surface area contributed by atoms with Crippen molar-refractivity contribution in [2.24, 2.45) is 0 Å². The molecule has 0 fully saturated rings. The molecule has 17 heavy (non-hydrogen) atoms. The van der Waals surface area contributed by atoms with Crippen molar-refractivity contribution < 1.29 is 0 Å². The van der Waals surface area contributed by atoms with Gasteiger partial charge in [0.15, 0.2) is 0 Å². The average molecular weight is 294 g/mol. The van der Waals surface area contributed by atoms with Crippen LogP contribution in [0.1, 0.15) is 5.56 Å². The first-order valence-corrected chi connectivity index (χ1v) is 5.35. The molecule has 6 heteroatoms. The molecule has 1 N–H and O–H groups in total. The maximum absolute atomic E-state index is 10.9. The number of nitrogens with one attached hydrogen (secondary N) is 1. The number of aromatic amines is 1. The molecule has 0 bridgehead atoms. The summed E-state index contributed by atoms with van der Waals surface area (Å²) < 4.78 is 0. The summed E-state index contributed by atoms with van der Waals surface area (Å²) >= 11 is 12.0. The second kappa shape index (κ2) is 6.47. The third-order valence-electron chi connectivity index (χ3n) is 2.26. The van der Waals surface area contributed by atoms with Crippen LogP contribution >= 0.6 is 23.2 Å². The summed E-state index contributed by atoms with van der Waals surface area (Å²) in [6, 6.07) is 6.56. The molecular weight excluding hydrogens is 286 g/mol. The molecule has 0 unspecified atom stereocenters. The molecule has 1 radical (unpaired) electrons. The smallest absolute Gasteiger partial charge is 0.264 e. The second-order valence-electron chi connectivity index (χ2n) is 3.37. The summed E-state index contributed by atoms with van der Waals surface area (Å²) in [7, 11) is 0. The standard InChI is InChI=1S/C11H8Cl2N2O.K/c1-6-8(12)4-7(5-9(6)13)10-2-3-11(16)15-14-10;/h2-5H,1H3,(H,15,16);. The van der Waals surface area contributed by atoms with Crippen LogP contribution in [0.5, 0.6) is 0 Å². The first-order valence-electron chi connectivity index (χ1n) is 4.59. The number of rotatable bonds is 1. The fourth-order valence-electron chi connectivity index (χ4n) is 1.30. The van der Waals surface area contributed by atoms with E-state index in [1.165, 1.54) is 6.07 Å². The summed E-state index contributed by atoms with van der Waals surface area (Å²) in [6.07, 6.45) is 0. The van der Waals surface area contributed by atoms with Crippen LogP contribution in [0.15, 0.2) is 29.1 Å². The van der Waals surface area contributed by atoms with E-state index in [0.29, 0.717) is 15.7 Å². The van der Waals surface area contributed by atoms with Gasteiger partial charge in [-0.2, -0.15) is 5.10 Å². The van der Waals surface area contributed by atoms with Crippen LogP contribution in [0.2, 0.25) is 10.0 Å². The van der Waals surface area contributed by atoms with E-state index < -0.39 is 0 Å². The van der Waals surface area contributed by atoms with Crippen molar-refractivity contribution >= 4 is 74.6 Å². The summed E-state index contributed by atoms with van der Waals surface area (Å²) in [5, 5.41) is 7.42. The van der Waals surface area contributed by atoms with E-state index >= 15 is 0 Å². The number of benzene rings is 1. The number of aromatic nitrogens is 2. The van der Waals surface area contributed by atoms with Gasteiger partial charge < -0.3 is 0 Å². The Morgan fingerprint density at radius 1 is 1.18 bits per heavy atom. The van der Waals surface area contributed by atoms with Crippen LogP contribution in [0.3, 0.4) is 0 Å². The Labute approximate surface area is 151 Å². The summed E-state index contributed by atoms with van der Waals surface area (Å²) in [5.74, 6) is 0. The molecule has 0 saturated heterocycles. The zero-order valence-corrected chi connectivity index (χ0v) is 14.1. The van der Waals surface area contributed by atoms with Crippen molar-refractivity contribution in [3.8, 4) is 11.3 Å². The van der Waals surface area contributed by atoms with E-state index in [4.69, 9.17) is 23.2 Å². The van der Waals surface area contributed by atoms with Crippen molar-refractivity contribution in [1.82, 2.24) is 10.2 Å². The zero-order chi connectivity index (χ0) is 11.7. The van der Waals surface area contributed by atoms with Gasteiger partial charge in [0.2, 0.25) is 0 Å². The summed E-state index contributed by atoms with van der Waals surface area (Å²) in [4.78, 5) is 10.9. The Hall–Kier alpha value is 0.316. The number of hydrogen-bond donors (Lipinski definition) is 1. The molecule has 2 aromatic rings. The molecule has 0 aliphatic rings. The van der Waals surface area contributed by atoms with Gasteiger partial charge in [0.1, 0.15) is 0 Å². The molecule has 1 aromatic heterocycles. The zero-order valence-electron chi connectivity index (χ0n) is 9.42. The largest absolute Gasteiger partial charge is 0.268 e. The van der Waals surface area contributed by atoms with Crippen LogP contribution < -0.4 is 5.56 Å². The second-order valence-corrected chi connectivity index (χ2v) is 4.19. The van der Waals surface area contributed by atoms with E-state index in [2.05, 4.69) is 10.2 Å². The molecule has 83 valence electrons. The van der Waals surface area contributed by atoms with Gasteiger partial charge in [-0.15, -0.1) is 0 Å². The number of halogens is 2. The van der Waals surface area contributed by atoms with Crippen molar-refractivity contribution in [3.05, 3.63) is 50.2 Å². The quantitative estimate of drug-likeness (QED) is 0.822. The fourth-order valence-corrected chi connectivity index (χ4v) is 1.79. The first kappa shape index (κ1) is 15.4. The fraction of sp³-hybridized carbons (Fsp3) is 0.0909. The van der Waals surface area contributed by atoms with Crippen molar-refractivity contribution in [1.29, 1.82) is 0 Å². The molecule has 1 heterocycles. The van der Waals surface area contributed by atoms with E-state index in [0.717, 1.165) is 11.1 Å². The van der Waals surface area contributed by atoms with E-state index in [9.17, 15) is 4.79 Å². The molecule has 2 rings (SSSR count). The van der Waals surface area contributed by atoms with Gasteiger partial charge in [0.05, 0.1) is 5.69 Å². The minimum atomic E-state index is -0.243. The van der Waals surface area contributed by atoms with Gasteiger partial charge in [0.25, 0.3) is 5.56 Å². The number of H-pyrrole nitrogens is 1. The topological polar surface area (TPSA) is 45.8 Å². The minimum absolute atomic E-state index is 0. The van der Waals surface area contributed by atoms with E-state index in [1.54, 1.807) is 18.2 Å². The predicted molar refractivity (Wildman–Crippen MR) is 70.8 cm³/mol. The van der Waals surface area contributed by atoms with Crippen molar-refractivity contribution in [2.75, 3.05) is 0 Å². The van der Waals surface area contributed by atoms with Crippen LogP contribution in [0.25, 0.3) is 11.3 Å². The van der Waals surface area contributed by atoms with Crippen LogP contribution in [0.4, 0.5) is 0 Å². The van der Waals surface area contributed by atoms with E-state index in [-0.39, 0.29) is 56.9 Å².